The number of hydrogen-bond acceptors (Lipinski definition) is 5. The first-order valence-corrected chi connectivity index (χ1v) is 13.1. The molecule has 2 aromatic carbocycles. The van der Waals surface area contributed by atoms with E-state index in [9.17, 15) is 8.42 Å². The summed E-state index contributed by atoms with van der Waals surface area (Å²) in [7, 11) is -3.84. The number of halogens is 2. The van der Waals surface area contributed by atoms with Crippen molar-refractivity contribution in [3.63, 3.8) is 0 Å². The standard InChI is InChI=1S/C24H29Cl2N3O3S/c1-13(2)16-9-19(14(3)4)23(20(10-16)15(5)6)33(30,31)27-12-22-28-24(29-32-22)18-8-7-17(25)11-21(18)26/h7-11,13-15,27H,12H2,1-6H3. The predicted octanol–water partition coefficient (Wildman–Crippen LogP) is 6.89. The average Bonchev–Trinajstić information content (AvgIpc) is 3.20. The van der Waals surface area contributed by atoms with Crippen molar-refractivity contribution in [1.82, 2.24) is 14.9 Å². The molecule has 0 aliphatic carbocycles. The first kappa shape index (κ1) is 25.7. The lowest BCUT2D eigenvalue weighted by atomic mass is 9.89. The van der Waals surface area contributed by atoms with E-state index >= 15 is 0 Å². The van der Waals surface area contributed by atoms with Crippen LogP contribution < -0.4 is 4.72 Å². The number of rotatable bonds is 8. The summed E-state index contributed by atoms with van der Waals surface area (Å²) in [6.07, 6.45) is 0. The SMILES string of the molecule is CC(C)c1cc(C(C)C)c(S(=O)(=O)NCc2nc(-c3ccc(Cl)cc3Cl)no2)c(C(C)C)c1. The average molecular weight is 510 g/mol. The Balaban J connectivity index is 1.93. The highest BCUT2D eigenvalue weighted by atomic mass is 35.5. The molecule has 0 saturated heterocycles. The first-order chi connectivity index (χ1) is 15.4. The Morgan fingerprint density at radius 2 is 1.55 bits per heavy atom. The Hall–Kier alpha value is -1.93. The third kappa shape index (κ3) is 5.77. The van der Waals surface area contributed by atoms with Gasteiger partial charge in [0.2, 0.25) is 21.7 Å². The van der Waals surface area contributed by atoms with Gasteiger partial charge in [0.05, 0.1) is 16.5 Å². The molecular weight excluding hydrogens is 481 g/mol. The fourth-order valence-corrected chi connectivity index (χ4v) is 5.70. The fraction of sp³-hybridized carbons (Fsp3) is 0.417. The summed E-state index contributed by atoms with van der Waals surface area (Å²) >= 11 is 12.2. The highest BCUT2D eigenvalue weighted by molar-refractivity contribution is 7.89. The third-order valence-electron chi connectivity index (χ3n) is 5.40. The molecule has 1 aromatic heterocycles. The Morgan fingerprint density at radius 1 is 0.939 bits per heavy atom. The van der Waals surface area contributed by atoms with Crippen LogP contribution in [0.5, 0.6) is 0 Å². The van der Waals surface area contributed by atoms with Crippen LogP contribution in [-0.2, 0) is 16.6 Å². The highest BCUT2D eigenvalue weighted by Crippen LogP contribution is 2.35. The van der Waals surface area contributed by atoms with Crippen LogP contribution in [0.15, 0.2) is 39.8 Å². The second kappa shape index (κ2) is 10.1. The van der Waals surface area contributed by atoms with Crippen LogP contribution in [-0.4, -0.2) is 18.6 Å². The molecule has 1 N–H and O–H groups in total. The van der Waals surface area contributed by atoms with Gasteiger partial charge in [0.1, 0.15) is 0 Å². The lowest BCUT2D eigenvalue weighted by molar-refractivity contribution is 0.376. The second-order valence-corrected chi connectivity index (χ2v) is 11.5. The molecule has 0 aliphatic heterocycles. The molecule has 1 heterocycles. The molecule has 178 valence electrons. The van der Waals surface area contributed by atoms with Gasteiger partial charge in [0.15, 0.2) is 0 Å². The van der Waals surface area contributed by atoms with E-state index in [1.807, 2.05) is 39.8 Å². The lowest BCUT2D eigenvalue weighted by Gasteiger charge is -2.22. The van der Waals surface area contributed by atoms with Gasteiger partial charge >= 0.3 is 0 Å². The number of nitrogens with zero attached hydrogens (tertiary/aromatic N) is 2. The van der Waals surface area contributed by atoms with Crippen molar-refractivity contribution in [2.24, 2.45) is 0 Å². The van der Waals surface area contributed by atoms with Gasteiger partial charge in [-0.3, -0.25) is 0 Å². The Morgan fingerprint density at radius 3 is 2.06 bits per heavy atom. The molecule has 6 nitrogen and oxygen atoms in total. The van der Waals surface area contributed by atoms with Crippen LogP contribution in [0.1, 0.15) is 81.9 Å². The lowest BCUT2D eigenvalue weighted by Crippen LogP contribution is -2.26. The van der Waals surface area contributed by atoms with E-state index < -0.39 is 10.0 Å². The number of benzene rings is 2. The summed E-state index contributed by atoms with van der Waals surface area (Å²) in [4.78, 5) is 4.62. The van der Waals surface area contributed by atoms with E-state index in [1.165, 1.54) is 0 Å². The molecule has 0 bridgehead atoms. The van der Waals surface area contributed by atoms with Gasteiger partial charge in [0, 0.05) is 10.6 Å². The molecule has 3 aromatic rings. The summed E-state index contributed by atoms with van der Waals surface area (Å²) in [5.74, 6) is 0.763. The minimum atomic E-state index is -3.84. The zero-order valence-electron chi connectivity index (χ0n) is 19.6. The zero-order chi connectivity index (χ0) is 24.5. The van der Waals surface area contributed by atoms with Gasteiger partial charge in [0.25, 0.3) is 0 Å². The smallest absolute Gasteiger partial charge is 0.242 e. The molecule has 0 radical (unpaired) electrons. The zero-order valence-corrected chi connectivity index (χ0v) is 21.9. The highest BCUT2D eigenvalue weighted by Gasteiger charge is 2.27. The molecule has 0 unspecified atom stereocenters. The minimum absolute atomic E-state index is 0.0369. The van der Waals surface area contributed by atoms with Gasteiger partial charge in [-0.2, -0.15) is 4.98 Å². The summed E-state index contributed by atoms with van der Waals surface area (Å²) in [5, 5.41) is 4.79. The maximum Gasteiger partial charge on any atom is 0.242 e. The van der Waals surface area contributed by atoms with Crippen LogP contribution in [0.2, 0.25) is 10.0 Å². The largest absolute Gasteiger partial charge is 0.338 e. The van der Waals surface area contributed by atoms with Crippen molar-refractivity contribution in [1.29, 1.82) is 0 Å². The van der Waals surface area contributed by atoms with Crippen molar-refractivity contribution in [3.05, 3.63) is 63.0 Å². The fourth-order valence-electron chi connectivity index (χ4n) is 3.54. The molecule has 0 aliphatic rings. The number of aromatic nitrogens is 2. The predicted molar refractivity (Wildman–Crippen MR) is 132 cm³/mol. The molecule has 0 atom stereocenters. The van der Waals surface area contributed by atoms with Crippen molar-refractivity contribution >= 4 is 33.2 Å². The molecular formula is C24H29Cl2N3O3S. The summed E-state index contributed by atoms with van der Waals surface area (Å²) in [5.41, 5.74) is 3.28. The number of nitrogens with one attached hydrogen (secondary N) is 1. The van der Waals surface area contributed by atoms with Crippen LogP contribution in [0.4, 0.5) is 0 Å². The molecule has 0 spiro atoms. The van der Waals surface area contributed by atoms with Gasteiger partial charge in [-0.05, 0) is 52.6 Å². The van der Waals surface area contributed by atoms with Gasteiger partial charge < -0.3 is 4.52 Å². The monoisotopic (exact) mass is 509 g/mol. The van der Waals surface area contributed by atoms with E-state index in [0.717, 1.165) is 16.7 Å². The van der Waals surface area contributed by atoms with E-state index in [4.69, 9.17) is 27.7 Å². The minimum Gasteiger partial charge on any atom is -0.338 e. The molecule has 0 fully saturated rings. The van der Waals surface area contributed by atoms with Crippen molar-refractivity contribution < 1.29 is 12.9 Å². The van der Waals surface area contributed by atoms with Crippen LogP contribution in [0, 0.1) is 0 Å². The second-order valence-electron chi connectivity index (χ2n) is 8.95. The van der Waals surface area contributed by atoms with Crippen molar-refractivity contribution in [2.75, 3.05) is 0 Å². The summed E-state index contributed by atoms with van der Waals surface area (Å²) in [6.45, 7) is 12.1. The van der Waals surface area contributed by atoms with Crippen molar-refractivity contribution in [2.45, 2.75) is 70.7 Å². The Kier molecular flexibility index (Phi) is 7.89. The Bertz CT molecular complexity index is 1220. The van der Waals surface area contributed by atoms with E-state index in [-0.39, 0.29) is 30.1 Å². The first-order valence-electron chi connectivity index (χ1n) is 10.9. The van der Waals surface area contributed by atoms with Gasteiger partial charge in [-0.1, -0.05) is 82.0 Å². The molecule has 0 saturated carbocycles. The topological polar surface area (TPSA) is 85.1 Å². The number of sulfonamides is 1. The van der Waals surface area contributed by atoms with Gasteiger partial charge in [-0.25, -0.2) is 13.1 Å². The normalized spacial score (nSPS) is 12.3. The Labute approximate surface area is 205 Å². The molecule has 9 heteroatoms. The molecule has 33 heavy (non-hydrogen) atoms. The van der Waals surface area contributed by atoms with E-state index in [1.54, 1.807) is 18.2 Å². The van der Waals surface area contributed by atoms with E-state index in [2.05, 4.69) is 28.7 Å². The molecule has 3 rings (SSSR count). The number of hydrogen-bond donors (Lipinski definition) is 1. The maximum atomic E-state index is 13.5. The van der Waals surface area contributed by atoms with Crippen LogP contribution in [0.25, 0.3) is 11.4 Å². The van der Waals surface area contributed by atoms with Crippen LogP contribution in [0.3, 0.4) is 0 Å². The van der Waals surface area contributed by atoms with Gasteiger partial charge in [-0.15, -0.1) is 0 Å². The quantitative estimate of drug-likeness (QED) is 0.357. The molecule has 0 amide bonds. The summed E-state index contributed by atoms with van der Waals surface area (Å²) < 4.78 is 34.8. The van der Waals surface area contributed by atoms with Crippen LogP contribution >= 0.6 is 23.2 Å². The van der Waals surface area contributed by atoms with Crippen molar-refractivity contribution in [3.8, 4) is 11.4 Å². The maximum absolute atomic E-state index is 13.5. The third-order valence-corrected chi connectivity index (χ3v) is 7.48. The summed E-state index contributed by atoms with van der Waals surface area (Å²) in [6, 6.07) is 8.94. The van der Waals surface area contributed by atoms with E-state index in [0.29, 0.717) is 26.4 Å².